The highest BCUT2D eigenvalue weighted by Crippen LogP contribution is 2.39. The van der Waals surface area contributed by atoms with E-state index in [-0.39, 0.29) is 11.8 Å². The zero-order valence-corrected chi connectivity index (χ0v) is 14.4. The monoisotopic (exact) mass is 332 g/mol. The maximum Gasteiger partial charge on any atom is 0.220 e. The van der Waals surface area contributed by atoms with Gasteiger partial charge in [0.25, 0.3) is 0 Å². The van der Waals surface area contributed by atoms with Crippen LogP contribution in [0.25, 0.3) is 0 Å². The van der Waals surface area contributed by atoms with E-state index in [1.807, 2.05) is 19.6 Å². The van der Waals surface area contributed by atoms with Crippen LogP contribution in [0.1, 0.15) is 50.6 Å². The summed E-state index contributed by atoms with van der Waals surface area (Å²) < 4.78 is 2.07. The number of nitrogens with zero attached hydrogens (tertiary/aromatic N) is 2. The highest BCUT2D eigenvalue weighted by molar-refractivity contribution is 5.78. The van der Waals surface area contributed by atoms with Gasteiger partial charge in [-0.15, -0.1) is 0 Å². The van der Waals surface area contributed by atoms with E-state index in [1.54, 1.807) is 0 Å². The lowest BCUT2D eigenvalue weighted by Gasteiger charge is -2.36. The molecule has 1 saturated heterocycles. The number of aromatic nitrogens is 2. The van der Waals surface area contributed by atoms with Crippen molar-refractivity contribution in [2.75, 3.05) is 0 Å². The zero-order valence-electron chi connectivity index (χ0n) is 14.4. The Bertz CT molecular complexity index is 598. The molecule has 0 aromatic carbocycles. The molecule has 1 aromatic rings. The van der Waals surface area contributed by atoms with Gasteiger partial charge in [0, 0.05) is 37.8 Å². The number of amides is 2. The average molecular weight is 332 g/mol. The van der Waals surface area contributed by atoms with Crippen LogP contribution in [0.2, 0.25) is 0 Å². The molecule has 3 N–H and O–H groups in total. The van der Waals surface area contributed by atoms with E-state index in [4.69, 9.17) is 5.73 Å². The quantitative estimate of drug-likeness (QED) is 0.828. The Morgan fingerprint density at radius 2 is 2.08 bits per heavy atom. The van der Waals surface area contributed by atoms with E-state index in [9.17, 15) is 9.59 Å². The van der Waals surface area contributed by atoms with Gasteiger partial charge >= 0.3 is 0 Å². The normalized spacial score (nSPS) is 30.3. The van der Waals surface area contributed by atoms with Crippen molar-refractivity contribution < 1.29 is 9.59 Å². The van der Waals surface area contributed by atoms with Crippen LogP contribution in [-0.4, -0.2) is 27.4 Å². The van der Waals surface area contributed by atoms with Crippen LogP contribution in [0.3, 0.4) is 0 Å². The molecule has 0 bridgehead atoms. The molecule has 1 aliphatic heterocycles. The number of nitrogens with one attached hydrogen (secondary N) is 1. The van der Waals surface area contributed by atoms with Crippen LogP contribution in [0.5, 0.6) is 0 Å². The van der Waals surface area contributed by atoms with Crippen molar-refractivity contribution in [2.45, 2.75) is 57.4 Å². The number of rotatable bonds is 6. The molecule has 1 saturated carbocycles. The third kappa shape index (κ3) is 4.36. The van der Waals surface area contributed by atoms with Gasteiger partial charge < -0.3 is 15.6 Å². The van der Waals surface area contributed by atoms with Crippen molar-refractivity contribution in [3.05, 3.63) is 18.2 Å². The predicted octanol–water partition coefficient (Wildman–Crippen LogP) is 1.54. The third-order valence-corrected chi connectivity index (χ3v) is 5.61. The molecule has 6 heteroatoms. The first-order valence-electron chi connectivity index (χ1n) is 9.02. The Morgan fingerprint density at radius 3 is 2.71 bits per heavy atom. The van der Waals surface area contributed by atoms with Crippen molar-refractivity contribution >= 4 is 11.8 Å². The van der Waals surface area contributed by atoms with Crippen LogP contribution in [0, 0.1) is 17.8 Å². The fourth-order valence-electron chi connectivity index (χ4n) is 4.65. The van der Waals surface area contributed by atoms with E-state index in [0.29, 0.717) is 36.6 Å². The molecule has 2 heterocycles. The molecule has 0 unspecified atom stereocenters. The summed E-state index contributed by atoms with van der Waals surface area (Å²) in [6, 6.07) is 0.312. The molecule has 132 valence electrons. The van der Waals surface area contributed by atoms with Crippen molar-refractivity contribution in [3.8, 4) is 0 Å². The molecule has 24 heavy (non-hydrogen) atoms. The highest BCUT2D eigenvalue weighted by atomic mass is 16.2. The zero-order chi connectivity index (χ0) is 17.1. The number of hydrogen-bond donors (Lipinski definition) is 2. The van der Waals surface area contributed by atoms with Gasteiger partial charge in [-0.3, -0.25) is 9.59 Å². The van der Waals surface area contributed by atoms with Gasteiger partial charge in [-0.25, -0.2) is 4.98 Å². The number of aryl methyl sites for hydroxylation is 1. The number of imidazole rings is 1. The minimum absolute atomic E-state index is 0.177. The lowest BCUT2D eigenvalue weighted by molar-refractivity contribution is -0.120. The second-order valence-electron chi connectivity index (χ2n) is 7.71. The molecule has 0 radical (unpaired) electrons. The summed E-state index contributed by atoms with van der Waals surface area (Å²) in [6.07, 6.45) is 11.2. The summed E-state index contributed by atoms with van der Waals surface area (Å²) in [5, 5.41) is 3.08. The smallest absolute Gasteiger partial charge is 0.220 e. The molecule has 6 nitrogen and oxygen atoms in total. The molecular formula is C18H28N4O2. The van der Waals surface area contributed by atoms with Gasteiger partial charge in [0.15, 0.2) is 0 Å². The van der Waals surface area contributed by atoms with Gasteiger partial charge in [-0.2, -0.15) is 0 Å². The van der Waals surface area contributed by atoms with Gasteiger partial charge in [-0.1, -0.05) is 0 Å². The van der Waals surface area contributed by atoms with Crippen LogP contribution in [0.15, 0.2) is 12.5 Å². The molecule has 2 aliphatic rings. The van der Waals surface area contributed by atoms with E-state index in [1.165, 1.54) is 5.69 Å². The molecule has 2 amide bonds. The minimum atomic E-state index is -0.200. The van der Waals surface area contributed by atoms with Crippen molar-refractivity contribution in [2.24, 2.45) is 30.5 Å². The number of carbonyl (C=O) groups excluding carboxylic acids is 2. The number of hydrogen-bond acceptors (Lipinski definition) is 3. The lowest BCUT2D eigenvalue weighted by atomic mass is 9.70. The maximum absolute atomic E-state index is 11.4. The van der Waals surface area contributed by atoms with Crippen molar-refractivity contribution in [1.29, 1.82) is 0 Å². The average Bonchev–Trinajstić information content (AvgIpc) is 3.07. The van der Waals surface area contributed by atoms with Crippen LogP contribution in [-0.2, 0) is 23.1 Å². The second-order valence-corrected chi connectivity index (χ2v) is 7.71. The topological polar surface area (TPSA) is 90.0 Å². The molecular weight excluding hydrogens is 304 g/mol. The fraction of sp³-hybridized carbons (Fsp3) is 0.722. The number of carbonyl (C=O) groups is 2. The molecule has 0 spiro atoms. The Balaban J connectivity index is 1.63. The first kappa shape index (κ1) is 17.0. The van der Waals surface area contributed by atoms with Crippen LogP contribution in [0.4, 0.5) is 0 Å². The van der Waals surface area contributed by atoms with Crippen LogP contribution >= 0.6 is 0 Å². The number of primary amides is 1. The second kappa shape index (κ2) is 7.36. The largest absolute Gasteiger partial charge is 0.370 e. The first-order valence-corrected chi connectivity index (χ1v) is 9.02. The Morgan fingerprint density at radius 1 is 1.33 bits per heavy atom. The van der Waals surface area contributed by atoms with Gasteiger partial charge in [0.05, 0.1) is 6.33 Å². The summed E-state index contributed by atoms with van der Waals surface area (Å²) in [4.78, 5) is 27.0. The van der Waals surface area contributed by atoms with E-state index in [2.05, 4.69) is 14.9 Å². The molecule has 3 rings (SSSR count). The van der Waals surface area contributed by atoms with Gasteiger partial charge in [0.2, 0.25) is 11.8 Å². The minimum Gasteiger partial charge on any atom is -0.370 e. The molecule has 4 atom stereocenters. The van der Waals surface area contributed by atoms with E-state index < -0.39 is 0 Å². The first-order chi connectivity index (χ1) is 11.5. The Labute approximate surface area is 143 Å². The highest BCUT2D eigenvalue weighted by Gasteiger charge is 2.33. The Hall–Kier alpha value is -1.85. The summed E-state index contributed by atoms with van der Waals surface area (Å²) in [6.45, 7) is 0. The Kier molecular flexibility index (Phi) is 5.21. The molecule has 2 fully saturated rings. The maximum atomic E-state index is 11.4. The SMILES string of the molecule is Cn1cncc1C[C@H]1C[C@@H](CC(N)=O)C[C@@H](C[C@@H]2CCC(=O)N2)C1. The summed E-state index contributed by atoms with van der Waals surface area (Å²) in [7, 11) is 2.03. The molecule has 1 aliphatic carbocycles. The lowest BCUT2D eigenvalue weighted by Crippen LogP contribution is -2.33. The fourth-order valence-corrected chi connectivity index (χ4v) is 4.65. The number of nitrogens with two attached hydrogens (primary N) is 1. The van der Waals surface area contributed by atoms with E-state index in [0.717, 1.165) is 38.5 Å². The van der Waals surface area contributed by atoms with Crippen LogP contribution < -0.4 is 11.1 Å². The standard InChI is InChI=1S/C18H28N4O2/c1-22-11-20-10-16(22)8-13-4-12(5-14(6-13)9-17(19)23)7-15-2-3-18(24)21-15/h10-15H,2-9H2,1H3,(H2,19,23)(H,21,24)/t12-,13+,14-,15-/m0/s1. The summed E-state index contributed by atoms with van der Waals surface area (Å²) in [5.74, 6) is 1.46. The summed E-state index contributed by atoms with van der Waals surface area (Å²) in [5.41, 5.74) is 6.69. The molecule has 1 aromatic heterocycles. The summed E-state index contributed by atoms with van der Waals surface area (Å²) >= 11 is 0. The van der Waals surface area contributed by atoms with Gasteiger partial charge in [0.1, 0.15) is 0 Å². The van der Waals surface area contributed by atoms with Gasteiger partial charge in [-0.05, 0) is 56.3 Å². The third-order valence-electron chi connectivity index (χ3n) is 5.61. The predicted molar refractivity (Wildman–Crippen MR) is 90.8 cm³/mol. The van der Waals surface area contributed by atoms with Crippen molar-refractivity contribution in [1.82, 2.24) is 14.9 Å². The van der Waals surface area contributed by atoms with E-state index >= 15 is 0 Å². The van der Waals surface area contributed by atoms with Crippen molar-refractivity contribution in [3.63, 3.8) is 0 Å².